The van der Waals surface area contributed by atoms with E-state index in [1.54, 1.807) is 6.07 Å². The summed E-state index contributed by atoms with van der Waals surface area (Å²) in [5.74, 6) is 0.597. The number of amides is 1. The Morgan fingerprint density at radius 3 is 2.75 bits per heavy atom. The summed E-state index contributed by atoms with van der Waals surface area (Å²) in [7, 11) is 1.44. The molecular weight excluding hydrogens is 259 g/mol. The van der Waals surface area contributed by atoms with Crippen LogP contribution in [-0.2, 0) is 4.79 Å². The molecule has 1 aromatic rings. The third kappa shape index (κ3) is 2.16. The maximum atomic E-state index is 13.8. The maximum Gasteiger partial charge on any atom is 0.238 e. The molecule has 0 bridgehead atoms. The van der Waals surface area contributed by atoms with Crippen molar-refractivity contribution in [3.8, 4) is 5.75 Å². The molecule has 1 aromatic carbocycles. The number of nitrogens with one attached hydrogen (secondary N) is 1. The molecule has 3 rings (SSSR count). The standard InChI is InChI=1S/C15H19FN2O2/c1-9-5-11(6-9)18-14(19)8-17-15(18)10-3-4-13(20-2)12(16)7-10/h3-4,7,9,11,15,17H,5-6,8H2,1-2H3. The molecule has 1 atom stereocenters. The SMILES string of the molecule is COc1ccc(C2NCC(=O)N2C2CC(C)C2)cc1F. The first-order valence-corrected chi connectivity index (χ1v) is 6.98. The molecule has 2 fully saturated rings. The summed E-state index contributed by atoms with van der Waals surface area (Å²) < 4.78 is 18.8. The van der Waals surface area contributed by atoms with Gasteiger partial charge in [0.25, 0.3) is 0 Å². The maximum absolute atomic E-state index is 13.8. The van der Waals surface area contributed by atoms with Gasteiger partial charge in [0.15, 0.2) is 11.6 Å². The molecule has 5 heteroatoms. The normalized spacial score (nSPS) is 29.4. The van der Waals surface area contributed by atoms with Gasteiger partial charge in [-0.2, -0.15) is 0 Å². The Kier molecular flexibility index (Phi) is 3.38. The van der Waals surface area contributed by atoms with Gasteiger partial charge in [-0.05, 0) is 36.5 Å². The number of nitrogens with zero attached hydrogens (tertiary/aromatic N) is 1. The number of rotatable bonds is 3. The first kappa shape index (κ1) is 13.4. The predicted molar refractivity (Wildman–Crippen MR) is 72.7 cm³/mol. The zero-order chi connectivity index (χ0) is 14.3. The molecule has 0 spiro atoms. The number of carbonyl (C=O) groups is 1. The first-order valence-electron chi connectivity index (χ1n) is 6.98. The van der Waals surface area contributed by atoms with Gasteiger partial charge >= 0.3 is 0 Å². The Morgan fingerprint density at radius 1 is 1.40 bits per heavy atom. The molecule has 1 N–H and O–H groups in total. The Bertz CT molecular complexity index is 529. The molecule has 4 nitrogen and oxygen atoms in total. The van der Waals surface area contributed by atoms with Crippen molar-refractivity contribution in [2.75, 3.05) is 13.7 Å². The van der Waals surface area contributed by atoms with Crippen LogP contribution < -0.4 is 10.1 Å². The van der Waals surface area contributed by atoms with Crippen molar-refractivity contribution in [2.45, 2.75) is 32.0 Å². The van der Waals surface area contributed by atoms with Crippen LogP contribution in [0.1, 0.15) is 31.5 Å². The lowest BCUT2D eigenvalue weighted by molar-refractivity contribution is -0.133. The fourth-order valence-corrected chi connectivity index (χ4v) is 3.15. The molecule has 20 heavy (non-hydrogen) atoms. The molecule has 1 aliphatic heterocycles. The Labute approximate surface area is 117 Å². The summed E-state index contributed by atoms with van der Waals surface area (Å²) >= 11 is 0. The number of methoxy groups -OCH3 is 1. The summed E-state index contributed by atoms with van der Waals surface area (Å²) in [6.45, 7) is 2.51. The summed E-state index contributed by atoms with van der Waals surface area (Å²) in [4.78, 5) is 13.9. The lowest BCUT2D eigenvalue weighted by atomic mass is 9.80. The molecule has 1 unspecified atom stereocenters. The average Bonchev–Trinajstić information content (AvgIpc) is 2.76. The molecule has 1 saturated carbocycles. The van der Waals surface area contributed by atoms with E-state index in [-0.39, 0.29) is 23.9 Å². The van der Waals surface area contributed by atoms with E-state index < -0.39 is 5.82 Å². The minimum absolute atomic E-state index is 0.100. The van der Waals surface area contributed by atoms with E-state index in [1.807, 2.05) is 11.0 Å². The van der Waals surface area contributed by atoms with Crippen molar-refractivity contribution in [1.82, 2.24) is 10.2 Å². The van der Waals surface area contributed by atoms with E-state index in [0.717, 1.165) is 18.4 Å². The smallest absolute Gasteiger partial charge is 0.238 e. The summed E-state index contributed by atoms with van der Waals surface area (Å²) in [6, 6.07) is 5.15. The van der Waals surface area contributed by atoms with Crippen LogP contribution in [-0.4, -0.2) is 30.5 Å². The molecule has 2 aliphatic rings. The zero-order valence-corrected chi connectivity index (χ0v) is 11.7. The van der Waals surface area contributed by atoms with Crippen LogP contribution >= 0.6 is 0 Å². The number of carbonyl (C=O) groups excluding carboxylic acids is 1. The van der Waals surface area contributed by atoms with Gasteiger partial charge in [-0.15, -0.1) is 0 Å². The van der Waals surface area contributed by atoms with Crippen LogP contribution in [0.2, 0.25) is 0 Å². The minimum atomic E-state index is -0.395. The Morgan fingerprint density at radius 2 is 2.15 bits per heavy atom. The molecule has 1 saturated heterocycles. The summed E-state index contributed by atoms with van der Waals surface area (Å²) in [5.41, 5.74) is 0.772. The van der Waals surface area contributed by atoms with Crippen molar-refractivity contribution in [2.24, 2.45) is 5.92 Å². The van der Waals surface area contributed by atoms with Gasteiger partial charge in [0.05, 0.1) is 13.7 Å². The van der Waals surface area contributed by atoms with E-state index in [4.69, 9.17) is 4.74 Å². The second-order valence-corrected chi connectivity index (χ2v) is 5.71. The highest BCUT2D eigenvalue weighted by atomic mass is 19.1. The quantitative estimate of drug-likeness (QED) is 0.920. The van der Waals surface area contributed by atoms with E-state index >= 15 is 0 Å². The molecule has 108 valence electrons. The zero-order valence-electron chi connectivity index (χ0n) is 11.7. The van der Waals surface area contributed by atoms with Crippen LogP contribution in [0.25, 0.3) is 0 Å². The monoisotopic (exact) mass is 278 g/mol. The van der Waals surface area contributed by atoms with E-state index in [2.05, 4.69) is 12.2 Å². The van der Waals surface area contributed by atoms with Gasteiger partial charge in [0, 0.05) is 6.04 Å². The molecular formula is C15H19FN2O2. The van der Waals surface area contributed by atoms with Gasteiger partial charge in [-0.3, -0.25) is 10.1 Å². The van der Waals surface area contributed by atoms with Gasteiger partial charge in [0.2, 0.25) is 5.91 Å². The molecule has 0 aromatic heterocycles. The third-order valence-corrected chi connectivity index (χ3v) is 4.25. The molecule has 1 aliphatic carbocycles. The van der Waals surface area contributed by atoms with Crippen LogP contribution in [0.15, 0.2) is 18.2 Å². The molecule has 1 heterocycles. The van der Waals surface area contributed by atoms with Gasteiger partial charge in [0.1, 0.15) is 6.17 Å². The van der Waals surface area contributed by atoms with Crippen LogP contribution in [0.5, 0.6) is 5.75 Å². The van der Waals surface area contributed by atoms with Crippen molar-refractivity contribution in [3.63, 3.8) is 0 Å². The van der Waals surface area contributed by atoms with E-state index in [9.17, 15) is 9.18 Å². The lowest BCUT2D eigenvalue weighted by Gasteiger charge is -2.42. The van der Waals surface area contributed by atoms with Crippen molar-refractivity contribution < 1.29 is 13.9 Å². The predicted octanol–water partition coefficient (Wildman–Crippen LogP) is 2.06. The highest BCUT2D eigenvalue weighted by Gasteiger charge is 2.41. The lowest BCUT2D eigenvalue weighted by Crippen LogP contribution is -2.46. The topological polar surface area (TPSA) is 41.6 Å². The van der Waals surface area contributed by atoms with Crippen LogP contribution in [0.3, 0.4) is 0 Å². The second kappa shape index (κ2) is 5.05. The largest absolute Gasteiger partial charge is 0.494 e. The highest BCUT2D eigenvalue weighted by molar-refractivity contribution is 5.81. The molecule has 0 radical (unpaired) electrons. The number of ether oxygens (including phenoxy) is 1. The Balaban J connectivity index is 1.84. The average molecular weight is 278 g/mol. The minimum Gasteiger partial charge on any atom is -0.494 e. The van der Waals surface area contributed by atoms with E-state index in [0.29, 0.717) is 12.5 Å². The molecule has 1 amide bonds. The van der Waals surface area contributed by atoms with Crippen molar-refractivity contribution in [3.05, 3.63) is 29.6 Å². The van der Waals surface area contributed by atoms with Crippen LogP contribution in [0.4, 0.5) is 4.39 Å². The Hall–Kier alpha value is -1.62. The fraction of sp³-hybridized carbons (Fsp3) is 0.533. The number of halogens is 1. The van der Waals surface area contributed by atoms with Gasteiger partial charge in [-0.1, -0.05) is 13.0 Å². The number of hydrogen-bond acceptors (Lipinski definition) is 3. The summed E-state index contributed by atoms with van der Waals surface area (Å²) in [6.07, 6.45) is 1.84. The highest BCUT2D eigenvalue weighted by Crippen LogP contribution is 2.37. The summed E-state index contributed by atoms with van der Waals surface area (Å²) in [5, 5.41) is 3.17. The fourth-order valence-electron chi connectivity index (χ4n) is 3.15. The number of benzene rings is 1. The first-order chi connectivity index (χ1) is 9.60. The van der Waals surface area contributed by atoms with Gasteiger partial charge in [-0.25, -0.2) is 4.39 Å². The van der Waals surface area contributed by atoms with Gasteiger partial charge < -0.3 is 9.64 Å². The van der Waals surface area contributed by atoms with E-state index in [1.165, 1.54) is 13.2 Å². The third-order valence-electron chi connectivity index (χ3n) is 4.25. The second-order valence-electron chi connectivity index (χ2n) is 5.71. The van der Waals surface area contributed by atoms with Crippen molar-refractivity contribution in [1.29, 1.82) is 0 Å². The van der Waals surface area contributed by atoms with Crippen LogP contribution in [0, 0.1) is 11.7 Å². The number of hydrogen-bond donors (Lipinski definition) is 1. The van der Waals surface area contributed by atoms with Crippen molar-refractivity contribution >= 4 is 5.91 Å².